The summed E-state index contributed by atoms with van der Waals surface area (Å²) in [6.07, 6.45) is 1.57. The fraction of sp³-hybridized carbons (Fsp3) is 0.125. The molecule has 22 heavy (non-hydrogen) atoms. The number of imidazole rings is 1. The first kappa shape index (κ1) is 13.9. The van der Waals surface area contributed by atoms with Crippen LogP contribution in [-0.4, -0.2) is 22.3 Å². The third-order valence-corrected chi connectivity index (χ3v) is 3.14. The van der Waals surface area contributed by atoms with Crippen molar-refractivity contribution in [1.29, 1.82) is 0 Å². The Hall–Kier alpha value is -3.02. The van der Waals surface area contributed by atoms with Crippen LogP contribution in [0, 0.1) is 0 Å². The average molecular weight is 297 g/mol. The Morgan fingerprint density at radius 3 is 2.86 bits per heavy atom. The fourth-order valence-corrected chi connectivity index (χ4v) is 2.09. The number of ether oxygens (including phenoxy) is 1. The van der Waals surface area contributed by atoms with Crippen LogP contribution in [0.4, 0.5) is 5.69 Å². The summed E-state index contributed by atoms with van der Waals surface area (Å²) in [5, 5.41) is 0. The molecule has 0 saturated heterocycles. The molecule has 0 spiro atoms. The minimum absolute atomic E-state index is 0.340. The Balaban J connectivity index is 1.87. The van der Waals surface area contributed by atoms with Gasteiger partial charge in [0.15, 0.2) is 5.75 Å². The quantitative estimate of drug-likeness (QED) is 0.454. The molecule has 0 unspecified atom stereocenters. The third kappa shape index (κ3) is 2.58. The van der Waals surface area contributed by atoms with Gasteiger partial charge >= 0.3 is 5.97 Å². The normalized spacial score (nSPS) is 10.6. The molecule has 0 aliphatic carbocycles. The van der Waals surface area contributed by atoms with Gasteiger partial charge in [-0.25, -0.2) is 9.78 Å². The zero-order chi connectivity index (χ0) is 15.5. The maximum Gasteiger partial charge on any atom is 0.343 e. The highest BCUT2D eigenvalue weighted by Gasteiger charge is 2.13. The summed E-state index contributed by atoms with van der Waals surface area (Å²) in [6, 6.07) is 12.0. The first-order chi connectivity index (χ1) is 10.7. The molecule has 2 N–H and O–H groups in total. The largest absolute Gasteiger partial charge is 0.421 e. The van der Waals surface area contributed by atoms with Crippen LogP contribution in [-0.2, 0) is 0 Å². The molecule has 0 amide bonds. The molecule has 112 valence electrons. The monoisotopic (exact) mass is 297 g/mol. The number of carbonyl (C=O) groups excluding carboxylic acids is 1. The van der Waals surface area contributed by atoms with E-state index in [0.29, 0.717) is 29.1 Å². The van der Waals surface area contributed by atoms with E-state index in [1.807, 2.05) is 6.92 Å². The topological polar surface area (TPSA) is 79.4 Å². The average Bonchev–Trinajstić information content (AvgIpc) is 2.92. The van der Waals surface area contributed by atoms with Crippen LogP contribution in [0.15, 0.2) is 48.8 Å². The highest BCUT2D eigenvalue weighted by Crippen LogP contribution is 2.22. The number of aromatic nitrogens is 2. The number of hydrogen-bond donors (Lipinski definition) is 1. The summed E-state index contributed by atoms with van der Waals surface area (Å²) >= 11 is 0. The molecule has 0 aliphatic rings. The van der Waals surface area contributed by atoms with E-state index in [2.05, 4.69) is 4.98 Å². The predicted octanol–water partition coefficient (Wildman–Crippen LogP) is 2.29. The number of para-hydroxylation sites is 2. The summed E-state index contributed by atoms with van der Waals surface area (Å²) in [4.78, 5) is 21.8. The number of nitrogens with zero attached hydrogens (tertiary/aromatic N) is 2. The molecular formula is C16H15N3O3. The summed E-state index contributed by atoms with van der Waals surface area (Å²) in [5.74, 6) is -0.141. The smallest absolute Gasteiger partial charge is 0.343 e. The van der Waals surface area contributed by atoms with Crippen molar-refractivity contribution in [2.75, 3.05) is 12.3 Å². The number of nitrogens with two attached hydrogens (primary N) is 1. The molecule has 6 heteroatoms. The second-order valence-electron chi connectivity index (χ2n) is 4.62. The molecule has 2 aromatic carbocycles. The minimum Gasteiger partial charge on any atom is -0.421 e. The van der Waals surface area contributed by atoms with E-state index in [-0.39, 0.29) is 0 Å². The van der Waals surface area contributed by atoms with Gasteiger partial charge in [-0.05, 0) is 37.3 Å². The number of rotatable bonds is 4. The van der Waals surface area contributed by atoms with Gasteiger partial charge in [0.2, 0.25) is 0 Å². The van der Waals surface area contributed by atoms with Crippen LogP contribution in [0.1, 0.15) is 17.3 Å². The fourth-order valence-electron chi connectivity index (χ4n) is 2.09. The molecule has 0 aliphatic heterocycles. The summed E-state index contributed by atoms with van der Waals surface area (Å²) in [7, 11) is 0. The number of carbonyl (C=O) groups is 1. The molecule has 3 aromatic rings. The lowest BCUT2D eigenvalue weighted by Crippen LogP contribution is -2.10. The second-order valence-corrected chi connectivity index (χ2v) is 4.62. The van der Waals surface area contributed by atoms with Gasteiger partial charge in [-0.2, -0.15) is 4.73 Å². The van der Waals surface area contributed by atoms with Gasteiger partial charge in [-0.3, -0.25) is 0 Å². The van der Waals surface area contributed by atoms with Crippen LogP contribution in [0.3, 0.4) is 0 Å². The van der Waals surface area contributed by atoms with Crippen LogP contribution in [0.5, 0.6) is 5.75 Å². The summed E-state index contributed by atoms with van der Waals surface area (Å²) in [5.41, 5.74) is 8.03. The first-order valence-corrected chi connectivity index (χ1v) is 6.86. The Kier molecular flexibility index (Phi) is 3.65. The zero-order valence-corrected chi connectivity index (χ0v) is 12.0. The van der Waals surface area contributed by atoms with Gasteiger partial charge in [0.1, 0.15) is 18.5 Å². The number of fused-ring (bicyclic) bond motifs is 1. The molecule has 1 aromatic heterocycles. The van der Waals surface area contributed by atoms with Crippen molar-refractivity contribution < 1.29 is 14.4 Å². The molecule has 6 nitrogen and oxygen atoms in total. The maximum absolute atomic E-state index is 12.2. The van der Waals surface area contributed by atoms with Crippen LogP contribution in [0.2, 0.25) is 0 Å². The Labute approximate surface area is 127 Å². The second kappa shape index (κ2) is 5.77. The number of anilines is 1. The Morgan fingerprint density at radius 2 is 2.09 bits per heavy atom. The van der Waals surface area contributed by atoms with E-state index in [1.54, 1.807) is 53.5 Å². The van der Waals surface area contributed by atoms with Gasteiger partial charge in [0.25, 0.3) is 0 Å². The Morgan fingerprint density at radius 1 is 1.27 bits per heavy atom. The van der Waals surface area contributed by atoms with E-state index in [9.17, 15) is 4.79 Å². The lowest BCUT2D eigenvalue weighted by Gasteiger charge is -2.07. The van der Waals surface area contributed by atoms with Crippen LogP contribution in [0.25, 0.3) is 11.0 Å². The number of benzene rings is 2. The molecule has 1 heterocycles. The summed E-state index contributed by atoms with van der Waals surface area (Å²) < 4.78 is 6.87. The molecule has 0 saturated carbocycles. The van der Waals surface area contributed by atoms with Gasteiger partial charge in [0.05, 0.1) is 16.8 Å². The molecule has 0 bridgehead atoms. The zero-order valence-electron chi connectivity index (χ0n) is 12.0. The van der Waals surface area contributed by atoms with E-state index in [1.165, 1.54) is 0 Å². The standard InChI is InChI=1S/C16H15N3O3/c1-2-21-19-10-18-13-9-11(7-8-14(13)19)16(20)22-15-6-4-3-5-12(15)17/h3-10H,2,17H2,1H3. The molecule has 3 rings (SSSR count). The van der Waals surface area contributed by atoms with Crippen molar-refractivity contribution in [3.8, 4) is 5.75 Å². The third-order valence-electron chi connectivity index (χ3n) is 3.14. The van der Waals surface area contributed by atoms with Gasteiger partial charge in [-0.1, -0.05) is 12.1 Å². The van der Waals surface area contributed by atoms with E-state index in [4.69, 9.17) is 15.3 Å². The molecule has 0 atom stereocenters. The van der Waals surface area contributed by atoms with Crippen LogP contribution >= 0.6 is 0 Å². The van der Waals surface area contributed by atoms with Crippen molar-refractivity contribution in [2.24, 2.45) is 0 Å². The minimum atomic E-state index is -0.481. The summed E-state index contributed by atoms with van der Waals surface area (Å²) in [6.45, 7) is 2.42. The Bertz CT molecular complexity index is 826. The van der Waals surface area contributed by atoms with E-state index < -0.39 is 5.97 Å². The lowest BCUT2D eigenvalue weighted by atomic mass is 10.2. The highest BCUT2D eigenvalue weighted by atomic mass is 16.7. The maximum atomic E-state index is 12.2. The molecule has 0 fully saturated rings. The van der Waals surface area contributed by atoms with Crippen molar-refractivity contribution in [1.82, 2.24) is 9.71 Å². The molecular weight excluding hydrogens is 282 g/mol. The van der Waals surface area contributed by atoms with Gasteiger partial charge < -0.3 is 15.3 Å². The highest BCUT2D eigenvalue weighted by molar-refractivity contribution is 5.95. The first-order valence-electron chi connectivity index (χ1n) is 6.86. The van der Waals surface area contributed by atoms with Crippen molar-refractivity contribution >= 4 is 22.7 Å². The van der Waals surface area contributed by atoms with Crippen LogP contribution < -0.4 is 15.3 Å². The van der Waals surface area contributed by atoms with E-state index >= 15 is 0 Å². The predicted molar refractivity (Wildman–Crippen MR) is 82.7 cm³/mol. The number of hydrogen-bond acceptors (Lipinski definition) is 5. The van der Waals surface area contributed by atoms with Gasteiger partial charge in [-0.15, -0.1) is 0 Å². The number of esters is 1. The number of nitrogen functional groups attached to an aromatic ring is 1. The van der Waals surface area contributed by atoms with E-state index in [0.717, 1.165) is 5.52 Å². The van der Waals surface area contributed by atoms with Crippen molar-refractivity contribution in [2.45, 2.75) is 6.92 Å². The van der Waals surface area contributed by atoms with Crippen molar-refractivity contribution in [3.63, 3.8) is 0 Å². The SMILES string of the molecule is CCOn1cnc2cc(C(=O)Oc3ccccc3N)ccc21. The molecule has 0 radical (unpaired) electrons. The lowest BCUT2D eigenvalue weighted by molar-refractivity contribution is 0.0736. The van der Waals surface area contributed by atoms with Crippen molar-refractivity contribution in [3.05, 3.63) is 54.4 Å². The van der Waals surface area contributed by atoms with Gasteiger partial charge in [0, 0.05) is 0 Å².